The third-order valence-corrected chi connectivity index (χ3v) is 16.9. The molecule has 9 aromatic rings. The average Bonchev–Trinajstić information content (AvgIpc) is 3.93. The van der Waals surface area contributed by atoms with Gasteiger partial charge in [-0.1, -0.05) is 260 Å². The molecule has 0 radical (unpaired) electrons. The summed E-state index contributed by atoms with van der Waals surface area (Å²) in [4.78, 5) is 2.58. The van der Waals surface area contributed by atoms with Crippen molar-refractivity contribution in [2.75, 3.05) is 4.90 Å². The first kappa shape index (κ1) is 50.0. The summed E-state index contributed by atoms with van der Waals surface area (Å²) in [7, 11) is 0. The maximum absolute atomic E-state index is 2.58. The van der Waals surface area contributed by atoms with Crippen molar-refractivity contribution in [1.82, 2.24) is 0 Å². The average molecular weight is 978 g/mol. The maximum Gasteiger partial charge on any atom is 0.0714 e. The molecule has 376 valence electrons. The fourth-order valence-electron chi connectivity index (χ4n) is 12.6. The van der Waals surface area contributed by atoms with E-state index in [1.807, 2.05) is 0 Å². The highest BCUT2D eigenvalue weighted by Gasteiger charge is 2.48. The molecule has 0 spiro atoms. The smallest absolute Gasteiger partial charge is 0.0714 e. The zero-order valence-corrected chi connectivity index (χ0v) is 46.7. The fraction of sp³-hybridized carbons (Fsp3) is 0.270. The molecule has 0 heterocycles. The van der Waals surface area contributed by atoms with E-state index in [9.17, 15) is 0 Å². The van der Waals surface area contributed by atoms with Crippen molar-refractivity contribution in [3.8, 4) is 22.3 Å². The minimum absolute atomic E-state index is 0.0176. The summed E-state index contributed by atoms with van der Waals surface area (Å²) in [6.45, 7) is 30.1. The molecule has 2 aliphatic rings. The number of hydrogen-bond acceptors (Lipinski definition) is 1. The van der Waals surface area contributed by atoms with E-state index in [-0.39, 0.29) is 16.2 Å². The van der Waals surface area contributed by atoms with Crippen LogP contribution in [0.25, 0.3) is 22.3 Å². The SMILES string of the molecule is CC(C)c1cc(C(C)C)cc(N(c2ccc3c(c2)C(c2ccccc2)(c2ccc(C(C)(C)C)cc2)c2ccccc2-3)c2ccc3c(c2)C(c2ccc(C(C)(C)C)cc2)(c2ccc(C(C)(C)C)cc2)c2ccccc2-3)c1. The molecular weight excluding hydrogens is 903 g/mol. The van der Waals surface area contributed by atoms with Gasteiger partial charge >= 0.3 is 0 Å². The van der Waals surface area contributed by atoms with Gasteiger partial charge in [-0.2, -0.15) is 0 Å². The van der Waals surface area contributed by atoms with Crippen LogP contribution in [0.1, 0.15) is 174 Å². The minimum atomic E-state index is -0.593. The molecule has 0 amide bonds. The third-order valence-electron chi connectivity index (χ3n) is 16.9. The zero-order chi connectivity index (χ0) is 52.8. The Bertz CT molecular complexity index is 3480. The van der Waals surface area contributed by atoms with E-state index in [1.165, 1.54) is 100 Å². The van der Waals surface area contributed by atoms with Crippen LogP contribution in [0.15, 0.2) is 206 Å². The predicted molar refractivity (Wildman–Crippen MR) is 320 cm³/mol. The van der Waals surface area contributed by atoms with Gasteiger partial charge in [0.15, 0.2) is 0 Å². The Hall–Kier alpha value is -7.22. The second-order valence-corrected chi connectivity index (χ2v) is 25.4. The van der Waals surface area contributed by atoms with Crippen molar-refractivity contribution < 1.29 is 0 Å². The lowest BCUT2D eigenvalue weighted by molar-refractivity contribution is 0.588. The van der Waals surface area contributed by atoms with Crippen molar-refractivity contribution in [2.24, 2.45) is 0 Å². The number of nitrogens with zero attached hydrogens (tertiary/aromatic N) is 1. The van der Waals surface area contributed by atoms with Gasteiger partial charge in [-0.05, 0) is 159 Å². The van der Waals surface area contributed by atoms with Crippen LogP contribution in [-0.4, -0.2) is 0 Å². The lowest BCUT2D eigenvalue weighted by atomic mass is 9.66. The summed E-state index contributed by atoms with van der Waals surface area (Å²) < 4.78 is 0. The third kappa shape index (κ3) is 8.21. The number of rotatable bonds is 9. The Kier molecular flexibility index (Phi) is 12.2. The molecule has 2 aliphatic carbocycles. The van der Waals surface area contributed by atoms with Gasteiger partial charge in [0.2, 0.25) is 0 Å². The Morgan fingerprint density at radius 2 is 0.613 bits per heavy atom. The molecule has 1 unspecified atom stereocenters. The van der Waals surface area contributed by atoms with Gasteiger partial charge in [0.1, 0.15) is 0 Å². The second-order valence-electron chi connectivity index (χ2n) is 25.4. The molecule has 0 aromatic heterocycles. The van der Waals surface area contributed by atoms with Gasteiger partial charge in [-0.25, -0.2) is 0 Å². The van der Waals surface area contributed by atoms with E-state index in [0.29, 0.717) is 11.8 Å². The van der Waals surface area contributed by atoms with Crippen LogP contribution in [0.2, 0.25) is 0 Å². The fourth-order valence-corrected chi connectivity index (χ4v) is 12.6. The van der Waals surface area contributed by atoms with Crippen molar-refractivity contribution >= 4 is 17.1 Å². The highest BCUT2D eigenvalue weighted by molar-refractivity contribution is 5.92. The molecule has 9 aromatic carbocycles. The zero-order valence-electron chi connectivity index (χ0n) is 46.7. The van der Waals surface area contributed by atoms with Gasteiger partial charge in [0.05, 0.1) is 10.8 Å². The molecule has 1 nitrogen and oxygen atoms in total. The summed E-state index contributed by atoms with van der Waals surface area (Å²) in [6.07, 6.45) is 0. The van der Waals surface area contributed by atoms with E-state index >= 15 is 0 Å². The lowest BCUT2D eigenvalue weighted by Gasteiger charge is -2.36. The van der Waals surface area contributed by atoms with Crippen molar-refractivity contribution in [3.05, 3.63) is 279 Å². The summed E-state index contributed by atoms with van der Waals surface area (Å²) >= 11 is 0. The summed E-state index contributed by atoms with van der Waals surface area (Å²) in [6, 6.07) is 80.4. The van der Waals surface area contributed by atoms with Gasteiger partial charge in [-0.3, -0.25) is 0 Å². The van der Waals surface area contributed by atoms with E-state index in [0.717, 1.165) is 11.4 Å². The molecule has 0 aliphatic heterocycles. The Labute approximate surface area is 449 Å². The number of anilines is 3. The van der Waals surface area contributed by atoms with E-state index in [1.54, 1.807) is 0 Å². The summed E-state index contributed by atoms with van der Waals surface area (Å²) in [5.74, 6) is 0.685. The Morgan fingerprint density at radius 3 is 0.960 bits per heavy atom. The van der Waals surface area contributed by atoms with Gasteiger partial charge in [0, 0.05) is 17.1 Å². The maximum atomic E-state index is 2.58. The normalized spacial score (nSPS) is 15.7. The predicted octanol–water partition coefficient (Wildman–Crippen LogP) is 20.0. The van der Waals surface area contributed by atoms with Crippen LogP contribution in [0.3, 0.4) is 0 Å². The first-order valence-electron chi connectivity index (χ1n) is 27.5. The van der Waals surface area contributed by atoms with Crippen molar-refractivity contribution in [1.29, 1.82) is 0 Å². The molecule has 0 fully saturated rings. The Balaban J connectivity index is 1.22. The highest BCUT2D eigenvalue weighted by Crippen LogP contribution is 2.60. The van der Waals surface area contributed by atoms with Crippen LogP contribution in [0, 0.1) is 0 Å². The van der Waals surface area contributed by atoms with Crippen molar-refractivity contribution in [2.45, 2.75) is 129 Å². The first-order chi connectivity index (χ1) is 35.7. The molecule has 1 atom stereocenters. The first-order valence-corrected chi connectivity index (χ1v) is 27.5. The molecule has 75 heavy (non-hydrogen) atoms. The molecule has 0 saturated carbocycles. The largest absolute Gasteiger partial charge is 0.310 e. The highest BCUT2D eigenvalue weighted by atomic mass is 15.1. The quantitative estimate of drug-likeness (QED) is 0.139. The standard InChI is InChI=1S/C74H75N/c1-48(2)50-43-51(49(3)4)45-61(44-50)75(59-39-41-64-62-23-17-19-25-66(62)73(68(64)46-59,55-21-15-14-16-22-55)56-33-27-52(28-34-56)70(5,6)7)60-40-42-65-63-24-18-20-26-67(63)74(69(65)47-60,57-35-29-53(30-36-57)71(8,9)10)58-37-31-54(32-38-58)72(11,12)13/h14-49H,1-13H3. The molecule has 0 saturated heterocycles. The van der Waals surface area contributed by atoms with Crippen LogP contribution < -0.4 is 4.90 Å². The van der Waals surface area contributed by atoms with Gasteiger partial charge < -0.3 is 4.90 Å². The molecule has 0 bridgehead atoms. The van der Waals surface area contributed by atoms with Crippen LogP contribution in [0.5, 0.6) is 0 Å². The van der Waals surface area contributed by atoms with Crippen molar-refractivity contribution in [3.63, 3.8) is 0 Å². The topological polar surface area (TPSA) is 3.24 Å². The molecule has 0 N–H and O–H groups in total. The molecule has 11 rings (SSSR count). The van der Waals surface area contributed by atoms with Crippen LogP contribution >= 0.6 is 0 Å². The van der Waals surface area contributed by atoms with Gasteiger partial charge in [-0.15, -0.1) is 0 Å². The molecule has 1 heteroatoms. The van der Waals surface area contributed by atoms with E-state index < -0.39 is 10.8 Å². The van der Waals surface area contributed by atoms with E-state index in [4.69, 9.17) is 0 Å². The van der Waals surface area contributed by atoms with Gasteiger partial charge in [0.25, 0.3) is 0 Å². The number of hydrogen-bond donors (Lipinski definition) is 0. The van der Waals surface area contributed by atoms with Crippen LogP contribution in [-0.2, 0) is 27.1 Å². The van der Waals surface area contributed by atoms with E-state index in [2.05, 4.69) is 301 Å². The lowest BCUT2D eigenvalue weighted by Crippen LogP contribution is -2.29. The number of fused-ring (bicyclic) bond motifs is 6. The number of benzene rings is 9. The minimum Gasteiger partial charge on any atom is -0.310 e. The Morgan fingerprint density at radius 1 is 0.293 bits per heavy atom. The summed E-state index contributed by atoms with van der Waals surface area (Å²) in [5.41, 5.74) is 24.5. The molecular formula is C74H75N. The summed E-state index contributed by atoms with van der Waals surface area (Å²) in [5, 5.41) is 0. The second kappa shape index (κ2) is 18.3. The van der Waals surface area contributed by atoms with Crippen LogP contribution in [0.4, 0.5) is 17.1 Å². The monoisotopic (exact) mass is 978 g/mol.